The normalized spacial score (nSPS) is 11.6. The number of rotatable bonds is 4. The van der Waals surface area contributed by atoms with E-state index in [2.05, 4.69) is 57.2 Å². The first-order valence-electron chi connectivity index (χ1n) is 8.18. The molecular weight excluding hydrogens is 311 g/mol. The molecule has 0 bridgehead atoms. The van der Waals surface area contributed by atoms with Gasteiger partial charge in [0.15, 0.2) is 0 Å². The molecule has 0 saturated heterocycles. The molecule has 0 N–H and O–H groups in total. The molecule has 0 saturated carbocycles. The maximum atomic E-state index is 12.8. The summed E-state index contributed by atoms with van der Waals surface area (Å²) in [5.41, 5.74) is 6.89. The summed E-state index contributed by atoms with van der Waals surface area (Å²) in [6.45, 7) is 6.35. The van der Waals surface area contributed by atoms with Gasteiger partial charge in [-0.05, 0) is 31.9 Å². The molecule has 1 nitrogen and oxygen atoms in total. The molecule has 1 atom stereocenters. The third-order valence-electron chi connectivity index (χ3n) is 4.62. The molecule has 0 spiro atoms. The molecule has 2 heteroatoms. The molecule has 120 valence electrons. The van der Waals surface area contributed by atoms with E-state index in [-0.39, 0.29) is 0 Å². The van der Waals surface area contributed by atoms with Crippen molar-refractivity contribution < 1.29 is 4.57 Å². The van der Waals surface area contributed by atoms with Gasteiger partial charge in [0.1, 0.15) is 0 Å². The first-order valence-corrected chi connectivity index (χ1v) is 9.09. The zero-order valence-corrected chi connectivity index (χ0v) is 15.3. The number of benzene rings is 3. The summed E-state index contributed by atoms with van der Waals surface area (Å²) in [5.74, 6) is 0. The van der Waals surface area contributed by atoms with E-state index in [1.165, 1.54) is 16.7 Å². The second kappa shape index (κ2) is 6.71. The fraction of sp³-hybridized carbons (Fsp3) is 0.182. The average Bonchev–Trinajstić information content (AvgIpc) is 2.59. The van der Waals surface area contributed by atoms with Gasteiger partial charge >= 0.3 is 8.46 Å². The van der Waals surface area contributed by atoms with E-state index in [1.54, 1.807) is 0 Å². The summed E-state index contributed by atoms with van der Waals surface area (Å²) in [4.78, 5) is 0. The molecule has 0 amide bonds. The van der Waals surface area contributed by atoms with E-state index in [1.807, 2.05) is 36.4 Å². The van der Waals surface area contributed by atoms with E-state index >= 15 is 0 Å². The topological polar surface area (TPSA) is 17.1 Å². The van der Waals surface area contributed by atoms with Crippen LogP contribution in [0.3, 0.4) is 0 Å². The summed E-state index contributed by atoms with van der Waals surface area (Å²) in [5, 5.41) is -0.635. The van der Waals surface area contributed by atoms with Gasteiger partial charge < -0.3 is 0 Å². The van der Waals surface area contributed by atoms with Gasteiger partial charge in [-0.25, -0.2) is 0 Å². The van der Waals surface area contributed by atoms with E-state index in [0.29, 0.717) is 0 Å². The SMILES string of the molecule is Cc1cc(C)c(C([PH+]=O)(c2ccccc2)c2ccccc2)c(C)c1. The maximum Gasteiger partial charge on any atom is 0.345 e. The van der Waals surface area contributed by atoms with E-state index in [9.17, 15) is 4.57 Å². The van der Waals surface area contributed by atoms with Gasteiger partial charge in [0.2, 0.25) is 5.16 Å². The van der Waals surface area contributed by atoms with Crippen LogP contribution in [-0.4, -0.2) is 0 Å². The lowest BCUT2D eigenvalue weighted by Gasteiger charge is -2.26. The largest absolute Gasteiger partial charge is 0.345 e. The van der Waals surface area contributed by atoms with Gasteiger partial charge in [-0.2, -0.15) is 0 Å². The van der Waals surface area contributed by atoms with Crippen molar-refractivity contribution in [3.05, 3.63) is 106 Å². The first kappa shape index (κ1) is 16.6. The molecule has 0 heterocycles. The molecular formula is C22H22OP+. The van der Waals surface area contributed by atoms with Gasteiger partial charge in [-0.3, -0.25) is 0 Å². The second-order valence-electron chi connectivity index (χ2n) is 6.36. The Bertz CT molecular complexity index is 791. The summed E-state index contributed by atoms with van der Waals surface area (Å²) in [6, 6.07) is 24.8. The average molecular weight is 333 g/mol. The van der Waals surface area contributed by atoms with Crippen LogP contribution in [0.2, 0.25) is 0 Å². The quantitative estimate of drug-likeness (QED) is 0.427. The lowest BCUT2D eigenvalue weighted by molar-refractivity contribution is 0.585. The van der Waals surface area contributed by atoms with Crippen LogP contribution >= 0.6 is 8.46 Å². The minimum absolute atomic E-state index is 0.509. The van der Waals surface area contributed by atoms with Crippen LogP contribution in [0.25, 0.3) is 0 Å². The number of aryl methyl sites for hydroxylation is 3. The second-order valence-corrected chi connectivity index (χ2v) is 7.31. The Morgan fingerprint density at radius 3 is 1.50 bits per heavy atom. The Morgan fingerprint density at radius 1 is 0.708 bits per heavy atom. The molecule has 0 aromatic heterocycles. The number of hydrogen-bond acceptors (Lipinski definition) is 1. The monoisotopic (exact) mass is 333 g/mol. The van der Waals surface area contributed by atoms with Crippen LogP contribution in [-0.2, 0) is 9.72 Å². The summed E-state index contributed by atoms with van der Waals surface area (Å²) >= 11 is 0. The Balaban J connectivity index is 2.42. The van der Waals surface area contributed by atoms with E-state index in [0.717, 1.165) is 16.7 Å². The highest BCUT2D eigenvalue weighted by atomic mass is 31.1. The fourth-order valence-electron chi connectivity index (χ4n) is 3.77. The summed E-state index contributed by atoms with van der Waals surface area (Å²) in [6.07, 6.45) is 0. The molecule has 1 unspecified atom stereocenters. The van der Waals surface area contributed by atoms with Gasteiger partial charge in [0, 0.05) is 16.7 Å². The van der Waals surface area contributed by atoms with Gasteiger partial charge in [-0.1, -0.05) is 82.9 Å². The zero-order valence-electron chi connectivity index (χ0n) is 14.3. The molecule has 0 fully saturated rings. The van der Waals surface area contributed by atoms with Crippen molar-refractivity contribution in [2.24, 2.45) is 0 Å². The highest BCUT2D eigenvalue weighted by Gasteiger charge is 2.46. The molecule has 3 aromatic carbocycles. The Labute approximate surface area is 145 Å². The maximum absolute atomic E-state index is 12.8. The molecule has 3 rings (SSSR count). The first-order chi connectivity index (χ1) is 11.6. The van der Waals surface area contributed by atoms with Gasteiger partial charge in [0.25, 0.3) is 0 Å². The van der Waals surface area contributed by atoms with Gasteiger partial charge in [0.05, 0.1) is 0 Å². The molecule has 24 heavy (non-hydrogen) atoms. The van der Waals surface area contributed by atoms with Crippen molar-refractivity contribution >= 4 is 8.46 Å². The van der Waals surface area contributed by atoms with Crippen molar-refractivity contribution in [1.29, 1.82) is 0 Å². The minimum Gasteiger partial charge on any atom is -0.0756 e. The molecule has 0 radical (unpaired) electrons. The summed E-state index contributed by atoms with van der Waals surface area (Å²) < 4.78 is 12.8. The van der Waals surface area contributed by atoms with Crippen LogP contribution in [0, 0.1) is 20.8 Å². The van der Waals surface area contributed by atoms with Crippen LogP contribution in [0.1, 0.15) is 33.4 Å². The lowest BCUT2D eigenvalue weighted by Crippen LogP contribution is -2.25. The van der Waals surface area contributed by atoms with Crippen LogP contribution in [0.4, 0.5) is 0 Å². The fourth-order valence-corrected chi connectivity index (χ4v) is 4.84. The van der Waals surface area contributed by atoms with Crippen LogP contribution in [0.5, 0.6) is 0 Å². The highest BCUT2D eigenvalue weighted by molar-refractivity contribution is 7.26. The Kier molecular flexibility index (Phi) is 4.64. The zero-order chi connectivity index (χ0) is 17.2. The van der Waals surface area contributed by atoms with Crippen molar-refractivity contribution in [2.45, 2.75) is 25.9 Å². The predicted molar refractivity (Wildman–Crippen MR) is 102 cm³/mol. The number of hydrogen-bond donors (Lipinski definition) is 0. The Morgan fingerprint density at radius 2 is 1.12 bits per heavy atom. The third kappa shape index (κ3) is 2.70. The van der Waals surface area contributed by atoms with Crippen molar-refractivity contribution in [1.82, 2.24) is 0 Å². The van der Waals surface area contributed by atoms with Crippen molar-refractivity contribution in [3.63, 3.8) is 0 Å². The van der Waals surface area contributed by atoms with Crippen LogP contribution < -0.4 is 0 Å². The molecule has 0 aliphatic carbocycles. The minimum atomic E-state index is -0.635. The molecule has 0 aliphatic heterocycles. The van der Waals surface area contributed by atoms with Gasteiger partial charge in [-0.15, -0.1) is 0 Å². The molecule has 0 aliphatic rings. The van der Waals surface area contributed by atoms with E-state index < -0.39 is 13.6 Å². The molecule has 3 aromatic rings. The Hall–Kier alpha value is -2.24. The summed E-state index contributed by atoms with van der Waals surface area (Å²) in [7, 11) is -0.509. The van der Waals surface area contributed by atoms with Crippen LogP contribution in [0.15, 0.2) is 72.8 Å². The smallest absolute Gasteiger partial charge is 0.0756 e. The van der Waals surface area contributed by atoms with Crippen molar-refractivity contribution in [2.75, 3.05) is 0 Å². The lowest BCUT2D eigenvalue weighted by atomic mass is 9.79. The predicted octanol–water partition coefficient (Wildman–Crippen LogP) is 5.93. The third-order valence-corrected chi connectivity index (χ3v) is 5.75. The standard InChI is InChI=1S/C22H21OP/c1-16-14-17(2)21(18(3)15-16)22(24-23,19-10-6-4-7-11-19)20-12-8-5-9-13-20/h4-15H,1-3H3/p+1. The van der Waals surface area contributed by atoms with E-state index in [4.69, 9.17) is 0 Å². The highest BCUT2D eigenvalue weighted by Crippen LogP contribution is 2.50. The van der Waals surface area contributed by atoms with Crippen molar-refractivity contribution in [3.8, 4) is 0 Å².